The predicted octanol–water partition coefficient (Wildman–Crippen LogP) is 1.99. The van der Waals surface area contributed by atoms with Gasteiger partial charge in [0.15, 0.2) is 6.61 Å². The lowest BCUT2D eigenvalue weighted by Gasteiger charge is -2.16. The standard InChI is InChI=1S/C20H28N2O6S/c1-13(14-7-8-14)21-19(23)12-28-20(24)15-9-10-17(27-2)18(11-15)29(25,26)22-16-5-3-4-6-16/h9-11,13-14,16,22H,3-8,12H2,1-2H3,(H,21,23). The summed E-state index contributed by atoms with van der Waals surface area (Å²) in [6.45, 7) is 1.51. The molecule has 3 rings (SSSR count). The monoisotopic (exact) mass is 424 g/mol. The lowest BCUT2D eigenvalue weighted by molar-refractivity contribution is -0.124. The third-order valence-corrected chi connectivity index (χ3v) is 6.96. The van der Waals surface area contributed by atoms with Crippen molar-refractivity contribution in [1.29, 1.82) is 0 Å². The molecule has 160 valence electrons. The molecule has 9 heteroatoms. The van der Waals surface area contributed by atoms with E-state index in [0.717, 1.165) is 38.5 Å². The first-order valence-electron chi connectivity index (χ1n) is 9.97. The van der Waals surface area contributed by atoms with Crippen molar-refractivity contribution in [2.45, 2.75) is 62.4 Å². The number of hydrogen-bond acceptors (Lipinski definition) is 6. The zero-order valence-corrected chi connectivity index (χ0v) is 17.6. The van der Waals surface area contributed by atoms with Gasteiger partial charge in [-0.15, -0.1) is 0 Å². The van der Waals surface area contributed by atoms with Crippen LogP contribution in [0.5, 0.6) is 5.75 Å². The number of sulfonamides is 1. The van der Waals surface area contributed by atoms with E-state index in [9.17, 15) is 18.0 Å². The van der Waals surface area contributed by atoms with Gasteiger partial charge < -0.3 is 14.8 Å². The van der Waals surface area contributed by atoms with Crippen molar-refractivity contribution >= 4 is 21.9 Å². The minimum absolute atomic E-state index is 0.0423. The molecule has 2 aliphatic carbocycles. The van der Waals surface area contributed by atoms with Crippen LogP contribution in [0.25, 0.3) is 0 Å². The van der Waals surface area contributed by atoms with Gasteiger partial charge in [0, 0.05) is 12.1 Å². The molecular weight excluding hydrogens is 396 g/mol. The molecule has 0 bridgehead atoms. The summed E-state index contributed by atoms with van der Waals surface area (Å²) < 4.78 is 38.5. The van der Waals surface area contributed by atoms with E-state index in [-0.39, 0.29) is 34.2 Å². The van der Waals surface area contributed by atoms with Gasteiger partial charge in [-0.1, -0.05) is 12.8 Å². The van der Waals surface area contributed by atoms with Gasteiger partial charge in [-0.3, -0.25) is 4.79 Å². The maximum absolute atomic E-state index is 12.8. The summed E-state index contributed by atoms with van der Waals surface area (Å²) in [5.74, 6) is -0.499. The zero-order chi connectivity index (χ0) is 21.0. The van der Waals surface area contributed by atoms with Crippen LogP contribution >= 0.6 is 0 Å². The molecule has 1 unspecified atom stereocenters. The van der Waals surface area contributed by atoms with Crippen LogP contribution in [0.15, 0.2) is 23.1 Å². The Morgan fingerprint density at radius 2 is 1.86 bits per heavy atom. The zero-order valence-electron chi connectivity index (χ0n) is 16.8. The van der Waals surface area contributed by atoms with Crippen LogP contribution in [-0.4, -0.2) is 46.1 Å². The molecule has 1 atom stereocenters. The number of ether oxygens (including phenoxy) is 2. The largest absolute Gasteiger partial charge is 0.495 e. The molecule has 0 spiro atoms. The fraction of sp³-hybridized carbons (Fsp3) is 0.600. The van der Waals surface area contributed by atoms with Gasteiger partial charge in [0.1, 0.15) is 10.6 Å². The number of nitrogens with one attached hydrogen (secondary N) is 2. The molecule has 1 aromatic rings. The third kappa shape index (κ3) is 5.70. The number of esters is 1. The summed E-state index contributed by atoms with van der Waals surface area (Å²) in [6.07, 6.45) is 5.74. The van der Waals surface area contributed by atoms with E-state index in [1.807, 2.05) is 6.92 Å². The summed E-state index contributed by atoms with van der Waals surface area (Å²) in [4.78, 5) is 24.2. The number of benzene rings is 1. The second kappa shape index (κ2) is 9.13. The van der Waals surface area contributed by atoms with Gasteiger partial charge in [0.2, 0.25) is 10.0 Å². The number of amides is 1. The molecule has 8 nitrogen and oxygen atoms in total. The highest BCUT2D eigenvalue weighted by Crippen LogP contribution is 2.32. The summed E-state index contributed by atoms with van der Waals surface area (Å²) in [5.41, 5.74) is 0.0423. The van der Waals surface area contributed by atoms with Crippen molar-refractivity contribution in [2.24, 2.45) is 5.92 Å². The van der Waals surface area contributed by atoms with Gasteiger partial charge in [-0.05, 0) is 56.7 Å². The number of methoxy groups -OCH3 is 1. The van der Waals surface area contributed by atoms with Crippen LogP contribution < -0.4 is 14.8 Å². The second-order valence-electron chi connectivity index (χ2n) is 7.74. The van der Waals surface area contributed by atoms with Crippen molar-refractivity contribution < 1.29 is 27.5 Å². The fourth-order valence-corrected chi connectivity index (χ4v) is 5.06. The molecule has 2 fully saturated rings. The molecule has 0 radical (unpaired) electrons. The van der Waals surface area contributed by atoms with Crippen molar-refractivity contribution in [2.75, 3.05) is 13.7 Å². The third-order valence-electron chi connectivity index (χ3n) is 5.42. The Morgan fingerprint density at radius 3 is 2.48 bits per heavy atom. The van der Waals surface area contributed by atoms with E-state index in [4.69, 9.17) is 9.47 Å². The molecule has 1 aromatic carbocycles. The normalized spacial score (nSPS) is 18.3. The van der Waals surface area contributed by atoms with Crippen LogP contribution in [0.2, 0.25) is 0 Å². The van der Waals surface area contributed by atoms with Crippen molar-refractivity contribution in [3.63, 3.8) is 0 Å². The minimum Gasteiger partial charge on any atom is -0.495 e. The quantitative estimate of drug-likeness (QED) is 0.587. The lowest BCUT2D eigenvalue weighted by Crippen LogP contribution is -2.37. The number of carbonyl (C=O) groups is 2. The van der Waals surface area contributed by atoms with Gasteiger partial charge in [-0.2, -0.15) is 0 Å². The van der Waals surface area contributed by atoms with Crippen molar-refractivity contribution in [1.82, 2.24) is 10.0 Å². The SMILES string of the molecule is COc1ccc(C(=O)OCC(=O)NC(C)C2CC2)cc1S(=O)(=O)NC1CCCC1. The Bertz CT molecular complexity index is 860. The minimum atomic E-state index is -3.85. The van der Waals surface area contributed by atoms with E-state index >= 15 is 0 Å². The molecule has 0 aromatic heterocycles. The lowest BCUT2D eigenvalue weighted by atomic mass is 10.2. The van der Waals surface area contributed by atoms with E-state index < -0.39 is 22.6 Å². The van der Waals surface area contributed by atoms with Crippen molar-refractivity contribution in [3.8, 4) is 5.75 Å². The molecular formula is C20H28N2O6S. The molecule has 2 aliphatic rings. The van der Waals surface area contributed by atoms with Crippen LogP contribution in [-0.2, 0) is 19.6 Å². The summed E-state index contributed by atoms with van der Waals surface area (Å²) in [6, 6.07) is 4.00. The summed E-state index contributed by atoms with van der Waals surface area (Å²) in [5, 5.41) is 2.80. The second-order valence-corrected chi connectivity index (χ2v) is 9.42. The molecule has 0 saturated heterocycles. The Hall–Kier alpha value is -2.13. The van der Waals surface area contributed by atoms with Crippen LogP contribution in [0, 0.1) is 5.92 Å². The molecule has 29 heavy (non-hydrogen) atoms. The first kappa shape index (κ1) is 21.6. The van der Waals surface area contributed by atoms with Crippen molar-refractivity contribution in [3.05, 3.63) is 23.8 Å². The average molecular weight is 425 g/mol. The molecule has 0 heterocycles. The van der Waals surface area contributed by atoms with Crippen LogP contribution in [0.4, 0.5) is 0 Å². The van der Waals surface area contributed by atoms with Crippen LogP contribution in [0.3, 0.4) is 0 Å². The van der Waals surface area contributed by atoms with E-state index in [1.165, 1.54) is 25.3 Å². The van der Waals surface area contributed by atoms with Gasteiger partial charge in [-0.25, -0.2) is 17.9 Å². The topological polar surface area (TPSA) is 111 Å². The predicted molar refractivity (Wildman–Crippen MR) is 106 cm³/mol. The first-order valence-corrected chi connectivity index (χ1v) is 11.5. The molecule has 2 N–H and O–H groups in total. The summed E-state index contributed by atoms with van der Waals surface area (Å²) >= 11 is 0. The molecule has 2 saturated carbocycles. The van der Waals surface area contributed by atoms with Gasteiger partial charge >= 0.3 is 5.97 Å². The Balaban J connectivity index is 1.66. The Labute approximate surface area is 171 Å². The smallest absolute Gasteiger partial charge is 0.338 e. The highest BCUT2D eigenvalue weighted by atomic mass is 32.2. The number of carbonyl (C=O) groups excluding carboxylic acids is 2. The first-order chi connectivity index (χ1) is 13.8. The maximum Gasteiger partial charge on any atom is 0.338 e. The molecule has 1 amide bonds. The highest BCUT2D eigenvalue weighted by molar-refractivity contribution is 7.89. The Morgan fingerprint density at radius 1 is 1.17 bits per heavy atom. The van der Waals surface area contributed by atoms with Gasteiger partial charge in [0.05, 0.1) is 12.7 Å². The van der Waals surface area contributed by atoms with E-state index in [1.54, 1.807) is 0 Å². The fourth-order valence-electron chi connectivity index (χ4n) is 3.56. The highest BCUT2D eigenvalue weighted by Gasteiger charge is 2.29. The van der Waals surface area contributed by atoms with Crippen LogP contribution in [0.1, 0.15) is 55.8 Å². The summed E-state index contributed by atoms with van der Waals surface area (Å²) in [7, 11) is -2.49. The Kier molecular flexibility index (Phi) is 6.79. The number of rotatable bonds is 9. The maximum atomic E-state index is 12.8. The van der Waals surface area contributed by atoms with E-state index in [2.05, 4.69) is 10.0 Å². The molecule has 0 aliphatic heterocycles. The number of hydrogen-bond donors (Lipinski definition) is 2. The van der Waals surface area contributed by atoms with Gasteiger partial charge in [0.25, 0.3) is 5.91 Å². The van der Waals surface area contributed by atoms with E-state index in [0.29, 0.717) is 5.92 Å². The average Bonchev–Trinajstić information content (AvgIpc) is 3.43.